The Kier molecular flexibility index (Phi) is 6.96. The number of rotatable bonds is 8. The lowest BCUT2D eigenvalue weighted by molar-refractivity contribution is 0.170. The average molecular weight is 517 g/mol. The summed E-state index contributed by atoms with van der Waals surface area (Å²) < 4.78 is 32.9. The van der Waals surface area contributed by atoms with E-state index >= 15 is 0 Å². The number of hydrogen-bond donors (Lipinski definition) is 0. The lowest BCUT2D eigenvalue weighted by Crippen LogP contribution is -2.40. The van der Waals surface area contributed by atoms with E-state index in [9.17, 15) is 9.59 Å². The zero-order chi connectivity index (χ0) is 26.8. The van der Waals surface area contributed by atoms with Crippen LogP contribution in [0.3, 0.4) is 0 Å². The molecule has 0 radical (unpaired) electrons. The van der Waals surface area contributed by atoms with Crippen molar-refractivity contribution in [2.45, 2.75) is 23.7 Å². The second-order valence-electron chi connectivity index (χ2n) is 9.08. The molecule has 5 rings (SSSR count). The summed E-state index contributed by atoms with van der Waals surface area (Å²) in [7, 11) is 6.08. The fourth-order valence-electron chi connectivity index (χ4n) is 5.41. The molecule has 1 fully saturated rings. The van der Waals surface area contributed by atoms with Crippen molar-refractivity contribution in [1.29, 1.82) is 0 Å². The van der Waals surface area contributed by atoms with Gasteiger partial charge in [-0.3, -0.25) is 9.59 Å². The molecule has 4 unspecified atom stereocenters. The van der Waals surface area contributed by atoms with Gasteiger partial charge in [0.2, 0.25) is 22.4 Å². The second kappa shape index (κ2) is 10.5. The molecule has 2 aromatic carbocycles. The summed E-state index contributed by atoms with van der Waals surface area (Å²) in [4.78, 5) is 25.5. The smallest absolute Gasteiger partial charge is 0.226 e. The normalized spacial score (nSPS) is 20.3. The topological polar surface area (TPSA) is 97.3 Å². The SMILES string of the molecule is COc1ccc(C2C(c3ccc(OC)cc3)C(c3cc(=O)c(OC)co3)C2c2cc(=O)c(OC)co2)cc1. The molecule has 0 amide bonds. The largest absolute Gasteiger partial charge is 0.497 e. The molecule has 0 bridgehead atoms. The Morgan fingerprint density at radius 1 is 0.526 bits per heavy atom. The summed E-state index contributed by atoms with van der Waals surface area (Å²) >= 11 is 0. The molecule has 4 aromatic rings. The first-order chi connectivity index (χ1) is 18.5. The average Bonchev–Trinajstić information content (AvgIpc) is 2.93. The molecule has 2 aromatic heterocycles. The summed E-state index contributed by atoms with van der Waals surface area (Å²) in [5.41, 5.74) is 1.49. The van der Waals surface area contributed by atoms with E-state index in [2.05, 4.69) is 0 Å². The summed E-state index contributed by atoms with van der Waals surface area (Å²) in [5.74, 6) is 1.82. The van der Waals surface area contributed by atoms with Crippen molar-refractivity contribution in [1.82, 2.24) is 0 Å². The zero-order valence-electron chi connectivity index (χ0n) is 21.5. The minimum Gasteiger partial charge on any atom is -0.497 e. The third kappa shape index (κ3) is 4.42. The minimum absolute atomic E-state index is 0.108. The van der Waals surface area contributed by atoms with Crippen LogP contribution in [-0.4, -0.2) is 28.4 Å². The summed E-state index contributed by atoms with van der Waals surface area (Å²) in [6.07, 6.45) is 2.65. The van der Waals surface area contributed by atoms with Gasteiger partial charge in [0, 0.05) is 35.8 Å². The predicted molar refractivity (Wildman–Crippen MR) is 140 cm³/mol. The van der Waals surface area contributed by atoms with Gasteiger partial charge in [-0.15, -0.1) is 0 Å². The van der Waals surface area contributed by atoms with Crippen LogP contribution in [0.4, 0.5) is 0 Å². The van der Waals surface area contributed by atoms with Crippen LogP contribution in [0, 0.1) is 0 Å². The standard InChI is InChI=1S/C30H28O8/c1-33-19-9-5-17(6-10-19)27-28(18-7-11-20(34-2)12-8-18)30(24-14-22(32)26(36-4)16-38-24)29(27)23-13-21(31)25(35-3)15-37-23/h5-16,27-30H,1-4H3. The van der Waals surface area contributed by atoms with Gasteiger partial charge < -0.3 is 27.8 Å². The maximum atomic E-state index is 12.7. The molecule has 1 aliphatic rings. The molecule has 8 heteroatoms. The molecule has 8 nitrogen and oxygen atoms in total. The van der Waals surface area contributed by atoms with Crippen molar-refractivity contribution in [3.63, 3.8) is 0 Å². The summed E-state index contributed by atoms with van der Waals surface area (Å²) in [6.45, 7) is 0. The van der Waals surface area contributed by atoms with E-state index in [-0.39, 0.29) is 46.0 Å². The van der Waals surface area contributed by atoms with Gasteiger partial charge in [0.25, 0.3) is 0 Å². The van der Waals surface area contributed by atoms with Crippen LogP contribution in [0.2, 0.25) is 0 Å². The maximum Gasteiger partial charge on any atom is 0.226 e. The van der Waals surface area contributed by atoms with Gasteiger partial charge in [-0.2, -0.15) is 0 Å². The fourth-order valence-corrected chi connectivity index (χ4v) is 5.41. The molecular formula is C30H28O8. The first-order valence-corrected chi connectivity index (χ1v) is 12.1. The highest BCUT2D eigenvalue weighted by molar-refractivity contribution is 5.47. The van der Waals surface area contributed by atoms with E-state index in [4.69, 9.17) is 27.8 Å². The Morgan fingerprint density at radius 2 is 0.895 bits per heavy atom. The molecule has 0 spiro atoms. The Labute approximate surface area is 219 Å². The van der Waals surface area contributed by atoms with Gasteiger partial charge in [-0.25, -0.2) is 0 Å². The quantitative estimate of drug-likeness (QED) is 0.320. The summed E-state index contributed by atoms with van der Waals surface area (Å²) in [5, 5.41) is 0. The Hall–Kier alpha value is -4.46. The first-order valence-electron chi connectivity index (χ1n) is 12.1. The van der Waals surface area contributed by atoms with Gasteiger partial charge >= 0.3 is 0 Å². The fraction of sp³-hybridized carbons (Fsp3) is 0.267. The van der Waals surface area contributed by atoms with Crippen LogP contribution < -0.4 is 29.8 Å². The van der Waals surface area contributed by atoms with Gasteiger partial charge in [0.05, 0.1) is 28.4 Å². The Balaban J connectivity index is 1.70. The van der Waals surface area contributed by atoms with Gasteiger partial charge in [-0.05, 0) is 35.4 Å². The molecule has 4 atom stereocenters. The van der Waals surface area contributed by atoms with Gasteiger partial charge in [-0.1, -0.05) is 24.3 Å². The highest BCUT2D eigenvalue weighted by Gasteiger charge is 2.55. The van der Waals surface area contributed by atoms with Crippen LogP contribution in [0.5, 0.6) is 23.0 Å². The van der Waals surface area contributed by atoms with Crippen molar-refractivity contribution in [2.75, 3.05) is 28.4 Å². The third-order valence-electron chi connectivity index (χ3n) is 7.28. The van der Waals surface area contributed by atoms with Crippen LogP contribution in [0.1, 0.15) is 46.3 Å². The molecule has 1 aliphatic carbocycles. The maximum absolute atomic E-state index is 12.7. The molecule has 0 aliphatic heterocycles. The minimum atomic E-state index is -0.314. The van der Waals surface area contributed by atoms with Crippen molar-refractivity contribution in [3.05, 3.63) is 116 Å². The number of ether oxygens (including phenoxy) is 4. The van der Waals surface area contributed by atoms with Crippen molar-refractivity contribution in [2.24, 2.45) is 0 Å². The third-order valence-corrected chi connectivity index (χ3v) is 7.28. The predicted octanol–water partition coefficient (Wildman–Crippen LogP) is 5.08. The molecule has 0 N–H and O–H groups in total. The lowest BCUT2D eigenvalue weighted by atomic mass is 9.51. The molecule has 38 heavy (non-hydrogen) atoms. The van der Waals surface area contributed by atoms with E-state index in [1.807, 2.05) is 48.5 Å². The molecule has 0 saturated heterocycles. The van der Waals surface area contributed by atoms with E-state index in [1.54, 1.807) is 14.2 Å². The molecule has 196 valence electrons. The van der Waals surface area contributed by atoms with Crippen molar-refractivity contribution < 1.29 is 27.8 Å². The second-order valence-corrected chi connectivity index (χ2v) is 9.08. The van der Waals surface area contributed by atoms with Crippen LogP contribution in [-0.2, 0) is 0 Å². The Bertz CT molecular complexity index is 1400. The molecular weight excluding hydrogens is 488 g/mol. The van der Waals surface area contributed by atoms with Crippen LogP contribution >= 0.6 is 0 Å². The van der Waals surface area contributed by atoms with Gasteiger partial charge in [0.15, 0.2) is 0 Å². The number of methoxy groups -OCH3 is 4. The Morgan fingerprint density at radius 3 is 1.18 bits per heavy atom. The van der Waals surface area contributed by atoms with Crippen molar-refractivity contribution >= 4 is 0 Å². The summed E-state index contributed by atoms with van der Waals surface area (Å²) in [6, 6.07) is 18.6. The van der Waals surface area contributed by atoms with E-state index in [0.717, 1.165) is 22.6 Å². The van der Waals surface area contributed by atoms with E-state index in [0.29, 0.717) is 11.5 Å². The van der Waals surface area contributed by atoms with Crippen molar-refractivity contribution in [3.8, 4) is 23.0 Å². The van der Waals surface area contributed by atoms with E-state index in [1.165, 1.54) is 38.9 Å². The van der Waals surface area contributed by atoms with Crippen LogP contribution in [0.25, 0.3) is 0 Å². The number of benzene rings is 2. The highest BCUT2D eigenvalue weighted by Crippen LogP contribution is 2.66. The highest BCUT2D eigenvalue weighted by atomic mass is 16.5. The molecule has 2 heterocycles. The number of hydrogen-bond acceptors (Lipinski definition) is 8. The first kappa shape index (κ1) is 25.2. The van der Waals surface area contributed by atoms with Crippen LogP contribution in [0.15, 0.2) is 91.6 Å². The molecule has 1 saturated carbocycles. The van der Waals surface area contributed by atoms with Gasteiger partial charge in [0.1, 0.15) is 35.5 Å². The monoisotopic (exact) mass is 516 g/mol. The zero-order valence-corrected chi connectivity index (χ0v) is 21.5. The van der Waals surface area contributed by atoms with E-state index < -0.39 is 0 Å². The lowest BCUT2D eigenvalue weighted by Gasteiger charge is -2.51.